The van der Waals surface area contributed by atoms with Gasteiger partial charge in [-0.25, -0.2) is 4.79 Å². The van der Waals surface area contributed by atoms with Gasteiger partial charge in [0.2, 0.25) is 0 Å². The largest absolute Gasteiger partial charge is 0.423 e. The zero-order valence-electron chi connectivity index (χ0n) is 12.7. The zero-order chi connectivity index (χ0) is 14.6. The molecule has 0 aliphatic carbocycles. The number of unbranched alkanes of at least 4 members (excludes halogenated alkanes) is 5. The van der Waals surface area contributed by atoms with Crippen LogP contribution in [0.3, 0.4) is 0 Å². The Morgan fingerprint density at radius 3 is 2.35 bits per heavy atom. The van der Waals surface area contributed by atoms with Gasteiger partial charge >= 0.3 is 5.97 Å². The number of carbonyl (C=O) groups is 1. The summed E-state index contributed by atoms with van der Waals surface area (Å²) >= 11 is 0. The van der Waals surface area contributed by atoms with Crippen molar-refractivity contribution < 1.29 is 9.53 Å². The Morgan fingerprint density at radius 2 is 1.70 bits per heavy atom. The van der Waals surface area contributed by atoms with E-state index in [-0.39, 0.29) is 5.97 Å². The van der Waals surface area contributed by atoms with Gasteiger partial charge < -0.3 is 4.74 Å². The number of esters is 1. The summed E-state index contributed by atoms with van der Waals surface area (Å²) in [6.07, 6.45) is 12.1. The van der Waals surface area contributed by atoms with Crippen molar-refractivity contribution in [3.8, 4) is 5.75 Å². The van der Waals surface area contributed by atoms with Gasteiger partial charge in [0.05, 0.1) is 0 Å². The van der Waals surface area contributed by atoms with Crippen LogP contribution in [0.1, 0.15) is 57.9 Å². The molecular weight excluding hydrogens is 248 g/mol. The van der Waals surface area contributed by atoms with Crippen molar-refractivity contribution in [2.45, 2.75) is 58.8 Å². The molecule has 0 saturated heterocycles. The van der Waals surface area contributed by atoms with E-state index in [2.05, 4.69) is 6.92 Å². The van der Waals surface area contributed by atoms with Gasteiger partial charge in [-0.05, 0) is 37.5 Å². The number of aryl methyl sites for hydroxylation is 1. The van der Waals surface area contributed by atoms with Crippen molar-refractivity contribution in [2.24, 2.45) is 0 Å². The fourth-order valence-electron chi connectivity index (χ4n) is 2.12. The van der Waals surface area contributed by atoms with Gasteiger partial charge in [-0.2, -0.15) is 0 Å². The highest BCUT2D eigenvalue weighted by molar-refractivity contribution is 5.83. The third kappa shape index (κ3) is 7.13. The predicted molar refractivity (Wildman–Crippen MR) is 84.0 cm³/mol. The maximum atomic E-state index is 11.3. The first-order chi connectivity index (χ1) is 9.76. The molecule has 0 heterocycles. The summed E-state index contributed by atoms with van der Waals surface area (Å²) in [4.78, 5) is 11.3. The van der Waals surface area contributed by atoms with Gasteiger partial charge in [-0.3, -0.25) is 0 Å². The lowest BCUT2D eigenvalue weighted by atomic mass is 10.0. The minimum Gasteiger partial charge on any atom is -0.423 e. The van der Waals surface area contributed by atoms with Crippen molar-refractivity contribution in [2.75, 3.05) is 0 Å². The minimum absolute atomic E-state index is 0.323. The number of hydrogen-bond acceptors (Lipinski definition) is 2. The van der Waals surface area contributed by atoms with Crippen LogP contribution in [0.5, 0.6) is 5.75 Å². The Kier molecular flexibility index (Phi) is 8.44. The Hall–Kier alpha value is -1.57. The number of carbonyl (C=O) groups excluding carboxylic acids is 1. The molecule has 1 aromatic rings. The monoisotopic (exact) mass is 274 g/mol. The molecule has 2 nitrogen and oxygen atoms in total. The third-order valence-corrected chi connectivity index (χ3v) is 3.26. The fourth-order valence-corrected chi connectivity index (χ4v) is 2.12. The highest BCUT2D eigenvalue weighted by Gasteiger charge is 2.00. The summed E-state index contributed by atoms with van der Waals surface area (Å²) in [7, 11) is 0. The summed E-state index contributed by atoms with van der Waals surface area (Å²) in [5.74, 6) is 0.288. The van der Waals surface area contributed by atoms with E-state index in [0.29, 0.717) is 5.75 Å². The molecule has 1 rings (SSSR count). The maximum absolute atomic E-state index is 11.3. The molecule has 0 aliphatic heterocycles. The Morgan fingerprint density at radius 1 is 1.05 bits per heavy atom. The van der Waals surface area contributed by atoms with Gasteiger partial charge in [-0.1, -0.05) is 57.2 Å². The van der Waals surface area contributed by atoms with E-state index in [0.717, 1.165) is 6.42 Å². The summed E-state index contributed by atoms with van der Waals surface area (Å²) < 4.78 is 5.15. The molecule has 0 N–H and O–H groups in total. The van der Waals surface area contributed by atoms with E-state index < -0.39 is 0 Å². The van der Waals surface area contributed by atoms with Crippen LogP contribution in [-0.2, 0) is 11.2 Å². The van der Waals surface area contributed by atoms with Gasteiger partial charge in [0.15, 0.2) is 0 Å². The Bertz CT molecular complexity index is 404. The van der Waals surface area contributed by atoms with Crippen LogP contribution >= 0.6 is 0 Å². The van der Waals surface area contributed by atoms with E-state index in [1.54, 1.807) is 13.0 Å². The molecule has 0 saturated carbocycles. The first kappa shape index (κ1) is 16.5. The molecule has 110 valence electrons. The Balaban J connectivity index is 2.26. The zero-order valence-corrected chi connectivity index (χ0v) is 12.7. The van der Waals surface area contributed by atoms with E-state index in [1.807, 2.05) is 24.3 Å². The van der Waals surface area contributed by atoms with Crippen LogP contribution in [0.25, 0.3) is 0 Å². The molecule has 0 aliphatic rings. The van der Waals surface area contributed by atoms with Crippen molar-refractivity contribution in [3.63, 3.8) is 0 Å². The van der Waals surface area contributed by atoms with E-state index in [9.17, 15) is 4.79 Å². The lowest BCUT2D eigenvalue weighted by Gasteiger charge is -2.04. The molecule has 20 heavy (non-hydrogen) atoms. The number of hydrogen-bond donors (Lipinski definition) is 0. The normalized spacial score (nSPS) is 10.9. The highest BCUT2D eigenvalue weighted by Crippen LogP contribution is 2.15. The van der Waals surface area contributed by atoms with Crippen LogP contribution in [0.2, 0.25) is 0 Å². The summed E-state index contributed by atoms with van der Waals surface area (Å²) in [5, 5.41) is 0. The van der Waals surface area contributed by atoms with Crippen molar-refractivity contribution in [1.82, 2.24) is 0 Å². The Labute approximate surface area is 122 Å². The maximum Gasteiger partial charge on any atom is 0.335 e. The molecule has 0 spiro atoms. The SMILES string of the molecule is C/C=C/C(=O)Oc1ccc(CCCCCCCC)cc1. The quantitative estimate of drug-likeness (QED) is 0.272. The number of benzene rings is 1. The smallest absolute Gasteiger partial charge is 0.335 e. The van der Waals surface area contributed by atoms with Crippen molar-refractivity contribution >= 4 is 5.97 Å². The average Bonchev–Trinajstić information content (AvgIpc) is 2.45. The number of rotatable bonds is 9. The third-order valence-electron chi connectivity index (χ3n) is 3.26. The first-order valence-corrected chi connectivity index (χ1v) is 7.69. The molecule has 0 radical (unpaired) electrons. The lowest BCUT2D eigenvalue weighted by Crippen LogP contribution is -2.03. The summed E-state index contributed by atoms with van der Waals surface area (Å²) in [5.41, 5.74) is 1.31. The number of allylic oxidation sites excluding steroid dienone is 1. The molecule has 1 aromatic carbocycles. The van der Waals surface area contributed by atoms with E-state index in [4.69, 9.17) is 4.74 Å². The molecule has 0 amide bonds. The minimum atomic E-state index is -0.323. The molecule has 0 unspecified atom stereocenters. The van der Waals surface area contributed by atoms with Gasteiger partial charge in [-0.15, -0.1) is 0 Å². The summed E-state index contributed by atoms with van der Waals surface area (Å²) in [6, 6.07) is 7.83. The van der Waals surface area contributed by atoms with Gasteiger partial charge in [0.25, 0.3) is 0 Å². The van der Waals surface area contributed by atoms with Crippen LogP contribution in [-0.4, -0.2) is 5.97 Å². The topological polar surface area (TPSA) is 26.3 Å². The first-order valence-electron chi connectivity index (χ1n) is 7.69. The highest BCUT2D eigenvalue weighted by atomic mass is 16.5. The standard InChI is InChI=1S/C18H26O2/c1-3-5-6-7-8-9-11-16-12-14-17(15-13-16)20-18(19)10-4-2/h4,10,12-15H,3,5-9,11H2,1-2H3/b10-4+. The number of ether oxygens (including phenoxy) is 1. The van der Waals surface area contributed by atoms with E-state index >= 15 is 0 Å². The molecule has 0 fully saturated rings. The van der Waals surface area contributed by atoms with E-state index in [1.165, 1.54) is 50.2 Å². The van der Waals surface area contributed by atoms with Crippen LogP contribution in [0.15, 0.2) is 36.4 Å². The lowest BCUT2D eigenvalue weighted by molar-refractivity contribution is -0.129. The molecule has 0 bridgehead atoms. The fraction of sp³-hybridized carbons (Fsp3) is 0.500. The van der Waals surface area contributed by atoms with Gasteiger partial charge in [0, 0.05) is 6.08 Å². The second-order valence-corrected chi connectivity index (χ2v) is 5.08. The second-order valence-electron chi connectivity index (χ2n) is 5.08. The van der Waals surface area contributed by atoms with Crippen molar-refractivity contribution in [1.29, 1.82) is 0 Å². The van der Waals surface area contributed by atoms with Crippen LogP contribution in [0.4, 0.5) is 0 Å². The average molecular weight is 274 g/mol. The summed E-state index contributed by atoms with van der Waals surface area (Å²) in [6.45, 7) is 4.04. The molecule has 2 heteroatoms. The molecule has 0 atom stereocenters. The van der Waals surface area contributed by atoms with Crippen molar-refractivity contribution in [3.05, 3.63) is 42.0 Å². The molecule has 0 aromatic heterocycles. The molecular formula is C18H26O2. The predicted octanol–water partition coefficient (Wildman–Crippen LogP) is 5.07. The second kappa shape index (κ2) is 10.2. The van der Waals surface area contributed by atoms with Crippen LogP contribution in [0, 0.1) is 0 Å². The van der Waals surface area contributed by atoms with Crippen LogP contribution < -0.4 is 4.74 Å². The van der Waals surface area contributed by atoms with Gasteiger partial charge in [0.1, 0.15) is 5.75 Å².